The number of imide groups is 1. The van der Waals surface area contributed by atoms with E-state index in [1.165, 1.54) is 4.90 Å². The van der Waals surface area contributed by atoms with Gasteiger partial charge in [-0.25, -0.2) is 0 Å². The Hall–Kier alpha value is -0.900. The third kappa shape index (κ3) is 1.17. The molecule has 0 radical (unpaired) electrons. The van der Waals surface area contributed by atoms with Gasteiger partial charge in [-0.3, -0.25) is 14.5 Å². The minimum atomic E-state index is -0.766. The Morgan fingerprint density at radius 1 is 1.36 bits per heavy atom. The van der Waals surface area contributed by atoms with Crippen molar-refractivity contribution >= 4 is 11.8 Å². The minimum absolute atomic E-state index is 0.0174. The summed E-state index contributed by atoms with van der Waals surface area (Å²) in [5, 5.41) is 3.21. The molecule has 0 spiro atoms. The summed E-state index contributed by atoms with van der Waals surface area (Å²) in [7, 11) is 0. The molecule has 14 heavy (non-hydrogen) atoms. The van der Waals surface area contributed by atoms with E-state index in [2.05, 4.69) is 5.32 Å². The van der Waals surface area contributed by atoms with Crippen LogP contribution in [0.2, 0.25) is 0 Å². The number of β-lactam (4-membered cyclic amide) rings is 2. The van der Waals surface area contributed by atoms with Gasteiger partial charge in [-0.05, 0) is 33.2 Å². The zero-order valence-corrected chi connectivity index (χ0v) is 8.67. The maximum absolute atomic E-state index is 11.7. The molecule has 2 aliphatic heterocycles. The van der Waals surface area contributed by atoms with Gasteiger partial charge in [-0.15, -0.1) is 0 Å². The molecule has 0 unspecified atom stereocenters. The zero-order valence-electron chi connectivity index (χ0n) is 8.67. The van der Waals surface area contributed by atoms with Crippen LogP contribution in [0, 0.1) is 5.41 Å². The second-order valence-corrected chi connectivity index (χ2v) is 4.61. The molecule has 2 amide bonds. The van der Waals surface area contributed by atoms with E-state index in [0.29, 0.717) is 0 Å². The van der Waals surface area contributed by atoms with Gasteiger partial charge in [-0.1, -0.05) is 0 Å². The van der Waals surface area contributed by atoms with Crippen molar-refractivity contribution in [2.75, 3.05) is 13.1 Å². The summed E-state index contributed by atoms with van der Waals surface area (Å²) in [4.78, 5) is 24.8. The van der Waals surface area contributed by atoms with E-state index >= 15 is 0 Å². The van der Waals surface area contributed by atoms with Crippen LogP contribution in [-0.2, 0) is 9.59 Å². The highest BCUT2D eigenvalue weighted by atomic mass is 16.2. The van der Waals surface area contributed by atoms with Crippen LogP contribution in [0.5, 0.6) is 0 Å². The van der Waals surface area contributed by atoms with Crippen molar-refractivity contribution in [1.29, 1.82) is 0 Å². The highest BCUT2D eigenvalue weighted by Crippen LogP contribution is 2.35. The van der Waals surface area contributed by atoms with E-state index in [4.69, 9.17) is 0 Å². The lowest BCUT2D eigenvalue weighted by molar-refractivity contribution is -0.177. The third-order valence-corrected chi connectivity index (χ3v) is 3.14. The molecule has 1 N–H and O–H groups in total. The number of hydrogen-bond donors (Lipinski definition) is 1. The summed E-state index contributed by atoms with van der Waals surface area (Å²) >= 11 is 0. The van der Waals surface area contributed by atoms with Crippen LogP contribution in [0.3, 0.4) is 0 Å². The second kappa shape index (κ2) is 3.05. The van der Waals surface area contributed by atoms with Crippen molar-refractivity contribution in [2.45, 2.75) is 32.7 Å². The molecule has 2 rings (SSSR count). The van der Waals surface area contributed by atoms with Crippen LogP contribution in [0.1, 0.15) is 26.7 Å². The molecule has 4 nitrogen and oxygen atoms in total. The summed E-state index contributed by atoms with van der Waals surface area (Å²) in [5.74, 6) is -0.0348. The monoisotopic (exact) mass is 196 g/mol. The standard InChI is InChI=1S/C10H16N2O2/c1-10(2)8(13)12(9(10)14)7-4-3-5-11-6-7/h7,11H,3-6H2,1-2H3/t7-/m0/s1. The Morgan fingerprint density at radius 3 is 2.50 bits per heavy atom. The lowest BCUT2D eigenvalue weighted by atomic mass is 9.80. The number of piperidine rings is 1. The Morgan fingerprint density at radius 2 is 2.00 bits per heavy atom. The van der Waals surface area contributed by atoms with Crippen LogP contribution >= 0.6 is 0 Å². The molecule has 2 saturated heterocycles. The maximum atomic E-state index is 11.7. The SMILES string of the molecule is CC1(C)C(=O)N([C@H]2CCCNC2)C1=O. The van der Waals surface area contributed by atoms with Gasteiger partial charge in [0.1, 0.15) is 5.41 Å². The summed E-state index contributed by atoms with van der Waals surface area (Å²) in [6, 6.07) is 0.0942. The smallest absolute Gasteiger partial charge is 0.244 e. The lowest BCUT2D eigenvalue weighted by Crippen LogP contribution is -2.68. The molecular formula is C10H16N2O2. The molecule has 2 fully saturated rings. The topological polar surface area (TPSA) is 49.4 Å². The minimum Gasteiger partial charge on any atom is -0.315 e. The number of nitrogens with one attached hydrogen (secondary N) is 1. The molecule has 78 valence electrons. The van der Waals surface area contributed by atoms with Crippen LogP contribution in [0.4, 0.5) is 0 Å². The lowest BCUT2D eigenvalue weighted by Gasteiger charge is -2.47. The van der Waals surface area contributed by atoms with Gasteiger partial charge in [0.2, 0.25) is 11.8 Å². The molecule has 0 aliphatic carbocycles. The average molecular weight is 196 g/mol. The Kier molecular flexibility index (Phi) is 2.10. The number of likely N-dealkylation sites (tertiary alicyclic amines) is 1. The van der Waals surface area contributed by atoms with Gasteiger partial charge in [0.05, 0.1) is 6.04 Å². The molecule has 4 heteroatoms. The van der Waals surface area contributed by atoms with Gasteiger partial charge in [-0.2, -0.15) is 0 Å². The Bertz CT molecular complexity index is 262. The van der Waals surface area contributed by atoms with Crippen LogP contribution in [-0.4, -0.2) is 35.8 Å². The number of nitrogens with zero attached hydrogens (tertiary/aromatic N) is 1. The van der Waals surface area contributed by atoms with Gasteiger partial charge in [0.25, 0.3) is 0 Å². The molecule has 0 aromatic heterocycles. The first-order valence-electron chi connectivity index (χ1n) is 5.14. The molecule has 2 aliphatic rings. The second-order valence-electron chi connectivity index (χ2n) is 4.61. The third-order valence-electron chi connectivity index (χ3n) is 3.14. The number of amides is 2. The van der Waals surface area contributed by atoms with Crippen LogP contribution < -0.4 is 5.32 Å². The van der Waals surface area contributed by atoms with Crippen molar-refractivity contribution in [3.63, 3.8) is 0 Å². The van der Waals surface area contributed by atoms with Gasteiger partial charge >= 0.3 is 0 Å². The first-order chi connectivity index (χ1) is 6.55. The Balaban J connectivity index is 2.06. The van der Waals surface area contributed by atoms with E-state index in [9.17, 15) is 9.59 Å². The zero-order chi connectivity index (χ0) is 10.3. The van der Waals surface area contributed by atoms with Crippen molar-refractivity contribution in [1.82, 2.24) is 10.2 Å². The van der Waals surface area contributed by atoms with E-state index in [0.717, 1.165) is 25.9 Å². The van der Waals surface area contributed by atoms with E-state index in [-0.39, 0.29) is 17.9 Å². The highest BCUT2D eigenvalue weighted by molar-refractivity contribution is 6.21. The van der Waals surface area contributed by atoms with Gasteiger partial charge in [0, 0.05) is 6.54 Å². The normalized spacial score (nSPS) is 31.6. The number of carbonyl (C=O) groups is 2. The van der Waals surface area contributed by atoms with E-state index in [1.54, 1.807) is 13.8 Å². The first-order valence-corrected chi connectivity index (χ1v) is 5.14. The fourth-order valence-electron chi connectivity index (χ4n) is 2.12. The molecular weight excluding hydrogens is 180 g/mol. The fraction of sp³-hybridized carbons (Fsp3) is 0.800. The number of hydrogen-bond acceptors (Lipinski definition) is 3. The van der Waals surface area contributed by atoms with Crippen LogP contribution in [0.25, 0.3) is 0 Å². The first kappa shape index (κ1) is 9.65. The quantitative estimate of drug-likeness (QED) is 0.479. The highest BCUT2D eigenvalue weighted by Gasteiger charge is 2.56. The number of rotatable bonds is 1. The summed E-state index contributed by atoms with van der Waals surface area (Å²) in [6.45, 7) is 5.15. The van der Waals surface area contributed by atoms with E-state index in [1.807, 2.05) is 0 Å². The fourth-order valence-corrected chi connectivity index (χ4v) is 2.12. The van der Waals surface area contributed by atoms with Gasteiger partial charge in [0.15, 0.2) is 0 Å². The molecule has 0 bridgehead atoms. The summed E-state index contributed by atoms with van der Waals surface area (Å²) < 4.78 is 0. The van der Waals surface area contributed by atoms with Gasteiger partial charge < -0.3 is 5.32 Å². The average Bonchev–Trinajstić information content (AvgIpc) is 2.20. The Labute approximate surface area is 83.6 Å². The predicted molar refractivity (Wildman–Crippen MR) is 51.5 cm³/mol. The summed E-state index contributed by atoms with van der Waals surface area (Å²) in [6.07, 6.45) is 1.99. The van der Waals surface area contributed by atoms with Crippen LogP contribution in [0.15, 0.2) is 0 Å². The molecule has 0 aromatic rings. The van der Waals surface area contributed by atoms with E-state index < -0.39 is 5.41 Å². The largest absolute Gasteiger partial charge is 0.315 e. The molecule has 2 heterocycles. The molecule has 0 saturated carbocycles. The number of carbonyl (C=O) groups excluding carboxylic acids is 2. The van der Waals surface area contributed by atoms with Crippen molar-refractivity contribution < 1.29 is 9.59 Å². The predicted octanol–water partition coefficient (Wildman–Crippen LogP) is 0.133. The molecule has 0 aromatic carbocycles. The van der Waals surface area contributed by atoms with Crippen molar-refractivity contribution in [3.05, 3.63) is 0 Å². The molecule has 1 atom stereocenters. The van der Waals surface area contributed by atoms with Crippen molar-refractivity contribution in [3.8, 4) is 0 Å². The van der Waals surface area contributed by atoms with Crippen molar-refractivity contribution in [2.24, 2.45) is 5.41 Å². The maximum Gasteiger partial charge on any atom is 0.244 e. The summed E-state index contributed by atoms with van der Waals surface area (Å²) in [5.41, 5.74) is -0.766.